The van der Waals surface area contributed by atoms with Crippen molar-refractivity contribution in [2.75, 3.05) is 6.54 Å². The van der Waals surface area contributed by atoms with E-state index < -0.39 is 27.4 Å². The fraction of sp³-hybridized carbons (Fsp3) is 0.130. The van der Waals surface area contributed by atoms with Gasteiger partial charge in [0.15, 0.2) is 0 Å². The van der Waals surface area contributed by atoms with E-state index in [1.807, 2.05) is 6.92 Å². The normalized spacial score (nSPS) is 11.7. The third-order valence-corrected chi connectivity index (χ3v) is 7.37. The monoisotopic (exact) mass is 534 g/mol. The number of halogens is 2. The van der Waals surface area contributed by atoms with Gasteiger partial charge in [-0.05, 0) is 31.2 Å². The minimum atomic E-state index is -4.11. The molecule has 1 amide bonds. The third kappa shape index (κ3) is 6.86. The second-order valence-corrected chi connectivity index (χ2v) is 10.2. The number of hydrogen-bond acceptors (Lipinski definition) is 6. The summed E-state index contributed by atoms with van der Waals surface area (Å²) in [5.74, 6) is -0.731. The topological polar surface area (TPSA) is 122 Å². The molecule has 0 aromatic heterocycles. The minimum absolute atomic E-state index is 0.000766. The molecule has 0 saturated heterocycles. The molecule has 0 aliphatic heterocycles. The van der Waals surface area contributed by atoms with Crippen LogP contribution in [0.1, 0.15) is 16.7 Å². The van der Waals surface area contributed by atoms with Crippen molar-refractivity contribution in [1.82, 2.24) is 9.73 Å². The molecule has 3 rings (SSSR count). The summed E-state index contributed by atoms with van der Waals surface area (Å²) >= 11 is 12.5. The zero-order chi connectivity index (χ0) is 25.6. The van der Waals surface area contributed by atoms with Crippen molar-refractivity contribution in [3.63, 3.8) is 0 Å². The fourth-order valence-electron chi connectivity index (χ4n) is 3.04. The van der Waals surface area contributed by atoms with Crippen molar-refractivity contribution in [2.45, 2.75) is 18.4 Å². The minimum Gasteiger partial charge on any atom is -0.272 e. The number of hydrogen-bond donors (Lipinski definition) is 1. The Labute approximate surface area is 212 Å². The van der Waals surface area contributed by atoms with Crippen molar-refractivity contribution in [1.29, 1.82) is 0 Å². The Morgan fingerprint density at radius 1 is 1.09 bits per heavy atom. The molecule has 0 spiro atoms. The fourth-order valence-corrected chi connectivity index (χ4v) is 4.92. The quantitative estimate of drug-likeness (QED) is 0.245. The first kappa shape index (κ1) is 26.3. The average molecular weight is 535 g/mol. The lowest BCUT2D eigenvalue weighted by atomic mass is 10.2. The summed E-state index contributed by atoms with van der Waals surface area (Å²) in [7, 11) is -4.11. The summed E-state index contributed by atoms with van der Waals surface area (Å²) in [6, 6.07) is 16.6. The Morgan fingerprint density at radius 2 is 1.71 bits per heavy atom. The second-order valence-electron chi connectivity index (χ2n) is 7.43. The van der Waals surface area contributed by atoms with Gasteiger partial charge in [0.05, 0.1) is 22.6 Å². The van der Waals surface area contributed by atoms with E-state index in [2.05, 4.69) is 10.5 Å². The van der Waals surface area contributed by atoms with Crippen LogP contribution in [-0.4, -0.2) is 36.3 Å². The zero-order valence-electron chi connectivity index (χ0n) is 18.4. The van der Waals surface area contributed by atoms with E-state index in [0.717, 1.165) is 9.87 Å². The van der Waals surface area contributed by atoms with Crippen LogP contribution >= 0.6 is 23.2 Å². The van der Waals surface area contributed by atoms with E-state index in [0.29, 0.717) is 11.1 Å². The molecular formula is C23H20Cl2N4O5S. The van der Waals surface area contributed by atoms with Crippen molar-refractivity contribution in [3.05, 3.63) is 104 Å². The molecule has 3 aromatic carbocycles. The van der Waals surface area contributed by atoms with Crippen LogP contribution < -0.4 is 5.43 Å². The highest BCUT2D eigenvalue weighted by atomic mass is 35.5. The SMILES string of the molecule is Cc1ccc(S(=O)(=O)N(CC(=O)N/N=C\c2cccc([N+](=O)[O-])c2)Cc2c(Cl)cccc2Cl)cc1. The van der Waals surface area contributed by atoms with Gasteiger partial charge in [-0.15, -0.1) is 0 Å². The molecule has 0 saturated carbocycles. The molecule has 0 radical (unpaired) electrons. The molecule has 0 aliphatic carbocycles. The first-order valence-corrected chi connectivity index (χ1v) is 12.3. The predicted octanol–water partition coefficient (Wildman–Crippen LogP) is 4.55. The number of carbonyl (C=O) groups is 1. The highest BCUT2D eigenvalue weighted by Crippen LogP contribution is 2.28. The summed E-state index contributed by atoms with van der Waals surface area (Å²) in [5.41, 5.74) is 3.72. The van der Waals surface area contributed by atoms with E-state index in [4.69, 9.17) is 23.2 Å². The molecule has 0 bridgehead atoms. The van der Waals surface area contributed by atoms with E-state index in [9.17, 15) is 23.3 Å². The third-order valence-electron chi connectivity index (χ3n) is 4.86. The van der Waals surface area contributed by atoms with Gasteiger partial charge >= 0.3 is 0 Å². The van der Waals surface area contributed by atoms with Crippen LogP contribution in [-0.2, 0) is 21.4 Å². The largest absolute Gasteiger partial charge is 0.272 e. The van der Waals surface area contributed by atoms with Crippen LogP contribution in [0.3, 0.4) is 0 Å². The highest BCUT2D eigenvalue weighted by molar-refractivity contribution is 7.89. The molecule has 1 N–H and O–H groups in total. The van der Waals surface area contributed by atoms with Crippen LogP contribution in [0.15, 0.2) is 76.7 Å². The number of benzene rings is 3. The number of aryl methyl sites for hydroxylation is 1. The van der Waals surface area contributed by atoms with Gasteiger partial charge in [-0.25, -0.2) is 13.8 Å². The smallest absolute Gasteiger partial charge is 0.270 e. The maximum atomic E-state index is 13.4. The maximum Gasteiger partial charge on any atom is 0.270 e. The molecule has 0 unspecified atom stereocenters. The Morgan fingerprint density at radius 3 is 2.34 bits per heavy atom. The number of rotatable bonds is 9. The first-order chi connectivity index (χ1) is 16.6. The second kappa shape index (κ2) is 11.4. The van der Waals surface area contributed by atoms with Crippen molar-refractivity contribution < 1.29 is 18.1 Å². The molecule has 0 fully saturated rings. The van der Waals surface area contributed by atoms with Crippen LogP contribution in [0.4, 0.5) is 5.69 Å². The van der Waals surface area contributed by atoms with Gasteiger partial charge in [0.1, 0.15) is 0 Å². The summed E-state index contributed by atoms with van der Waals surface area (Å²) in [4.78, 5) is 22.9. The molecular weight excluding hydrogens is 515 g/mol. The van der Waals surface area contributed by atoms with Crippen LogP contribution in [0.25, 0.3) is 0 Å². The van der Waals surface area contributed by atoms with Crippen molar-refractivity contribution in [2.24, 2.45) is 5.10 Å². The molecule has 0 heterocycles. The van der Waals surface area contributed by atoms with E-state index in [1.54, 1.807) is 36.4 Å². The van der Waals surface area contributed by atoms with Gasteiger partial charge in [-0.1, -0.05) is 59.1 Å². The van der Waals surface area contributed by atoms with E-state index >= 15 is 0 Å². The van der Waals surface area contributed by atoms with Crippen LogP contribution in [0.5, 0.6) is 0 Å². The summed E-state index contributed by atoms with van der Waals surface area (Å²) < 4.78 is 27.7. The number of amides is 1. The number of nitro groups is 1. The van der Waals surface area contributed by atoms with Gasteiger partial charge in [-0.3, -0.25) is 14.9 Å². The Kier molecular flexibility index (Phi) is 8.57. The van der Waals surface area contributed by atoms with Gasteiger partial charge in [0, 0.05) is 39.8 Å². The molecule has 12 heteroatoms. The standard InChI is InChI=1S/C23H20Cl2N4O5S/c1-16-8-10-19(11-9-16)35(33,34)28(14-20-21(24)6-3-7-22(20)25)15-23(30)27-26-13-17-4-2-5-18(12-17)29(31)32/h2-13H,14-15H2,1H3,(H,27,30)/b26-13-. The number of carbonyl (C=O) groups excluding carboxylic acids is 1. The molecule has 0 aliphatic rings. The number of nitrogens with one attached hydrogen (secondary N) is 1. The van der Waals surface area contributed by atoms with Crippen LogP contribution in [0.2, 0.25) is 10.0 Å². The highest BCUT2D eigenvalue weighted by Gasteiger charge is 2.28. The maximum absolute atomic E-state index is 13.4. The number of nitro benzene ring substituents is 1. The number of sulfonamides is 1. The Bertz CT molecular complexity index is 1360. The number of nitrogens with zero attached hydrogens (tertiary/aromatic N) is 3. The van der Waals surface area contributed by atoms with Crippen molar-refractivity contribution >= 4 is 51.0 Å². The van der Waals surface area contributed by atoms with Crippen LogP contribution in [0, 0.1) is 17.0 Å². The number of non-ortho nitro benzene ring substituents is 1. The summed E-state index contributed by atoms with van der Waals surface area (Å²) in [6.07, 6.45) is 1.22. The molecule has 35 heavy (non-hydrogen) atoms. The predicted molar refractivity (Wildman–Crippen MR) is 134 cm³/mol. The molecule has 3 aromatic rings. The zero-order valence-corrected chi connectivity index (χ0v) is 20.7. The van der Waals surface area contributed by atoms with Gasteiger partial charge in [0.25, 0.3) is 11.6 Å². The van der Waals surface area contributed by atoms with E-state index in [1.165, 1.54) is 36.5 Å². The Hall–Kier alpha value is -3.31. The Balaban J connectivity index is 1.83. The first-order valence-electron chi connectivity index (χ1n) is 10.1. The van der Waals surface area contributed by atoms with Crippen molar-refractivity contribution in [3.8, 4) is 0 Å². The molecule has 9 nitrogen and oxygen atoms in total. The van der Waals surface area contributed by atoms with Gasteiger partial charge in [0.2, 0.25) is 10.0 Å². The average Bonchev–Trinajstić information content (AvgIpc) is 2.81. The lowest BCUT2D eigenvalue weighted by molar-refractivity contribution is -0.384. The molecule has 0 atom stereocenters. The number of hydrazone groups is 1. The summed E-state index contributed by atoms with van der Waals surface area (Å²) in [5, 5.41) is 15.2. The lowest BCUT2D eigenvalue weighted by Crippen LogP contribution is -2.39. The lowest BCUT2D eigenvalue weighted by Gasteiger charge is -2.22. The van der Waals surface area contributed by atoms with E-state index in [-0.39, 0.29) is 27.2 Å². The molecule has 182 valence electrons. The van der Waals surface area contributed by atoms with Gasteiger partial charge in [-0.2, -0.15) is 9.41 Å². The van der Waals surface area contributed by atoms with Gasteiger partial charge < -0.3 is 0 Å². The summed E-state index contributed by atoms with van der Waals surface area (Å²) in [6.45, 7) is 0.991.